The minimum absolute atomic E-state index is 0.687. The van der Waals surface area contributed by atoms with Crippen LogP contribution in [0.3, 0.4) is 0 Å². The second kappa shape index (κ2) is 6.45. The molecule has 0 aromatic heterocycles. The Morgan fingerprint density at radius 2 is 1.50 bits per heavy atom. The lowest BCUT2D eigenvalue weighted by atomic mass is 10.2. The summed E-state index contributed by atoms with van der Waals surface area (Å²) in [7, 11) is -3.84. The van der Waals surface area contributed by atoms with Gasteiger partial charge in [0.25, 0.3) is 0 Å². The Kier molecular flexibility index (Phi) is 5.92. The molecule has 0 heterocycles. The number of benzene rings is 1. The van der Waals surface area contributed by atoms with E-state index in [1.807, 2.05) is 13.8 Å². The van der Waals surface area contributed by atoms with Crippen molar-refractivity contribution >= 4 is 9.84 Å². The highest BCUT2D eigenvalue weighted by atomic mass is 32.2. The smallest absolute Gasteiger partial charge is 0.224 e. The highest BCUT2D eigenvalue weighted by molar-refractivity contribution is 7.90. The highest BCUT2D eigenvalue weighted by Crippen LogP contribution is 2.33. The second-order valence-electron chi connectivity index (χ2n) is 3.27. The van der Waals surface area contributed by atoms with E-state index in [-0.39, 0.29) is 0 Å². The number of hydrogen-bond donors (Lipinski definition) is 0. The molecular formula is C12H13F3O2S. The predicted octanol–water partition coefficient (Wildman–Crippen LogP) is 3.14. The third-order valence-electron chi connectivity index (χ3n) is 1.84. The zero-order valence-corrected chi connectivity index (χ0v) is 11.0. The molecule has 0 unspecified atom stereocenters. The van der Waals surface area contributed by atoms with Crippen molar-refractivity contribution in [2.45, 2.75) is 24.9 Å². The molecule has 0 amide bonds. The van der Waals surface area contributed by atoms with Gasteiger partial charge in [0.05, 0.1) is 10.5 Å². The van der Waals surface area contributed by atoms with Crippen molar-refractivity contribution in [1.29, 1.82) is 0 Å². The molecule has 0 saturated carbocycles. The summed E-state index contributed by atoms with van der Waals surface area (Å²) in [6.45, 7) is 3.64. The fraction of sp³-hybridized carbons (Fsp3) is 0.333. The third-order valence-corrected chi connectivity index (χ3v) is 3.00. The van der Waals surface area contributed by atoms with E-state index in [0.29, 0.717) is 0 Å². The van der Waals surface area contributed by atoms with E-state index in [1.54, 1.807) is 0 Å². The van der Waals surface area contributed by atoms with Crippen LogP contribution in [-0.2, 0) is 16.0 Å². The molecule has 18 heavy (non-hydrogen) atoms. The minimum Gasteiger partial charge on any atom is -0.224 e. The van der Waals surface area contributed by atoms with Crippen molar-refractivity contribution in [3.05, 3.63) is 29.8 Å². The molecule has 2 nitrogen and oxygen atoms in total. The summed E-state index contributed by atoms with van der Waals surface area (Å²) in [5, 5.41) is 0. The maximum Gasteiger partial charge on any atom is 0.417 e. The fourth-order valence-corrected chi connectivity index (χ4v) is 1.93. The van der Waals surface area contributed by atoms with Gasteiger partial charge >= 0.3 is 6.18 Å². The molecule has 0 aliphatic rings. The van der Waals surface area contributed by atoms with E-state index < -0.39 is 26.5 Å². The van der Waals surface area contributed by atoms with E-state index in [0.717, 1.165) is 24.5 Å². The lowest BCUT2D eigenvalue weighted by Gasteiger charge is -2.10. The first-order chi connectivity index (χ1) is 8.14. The zero-order chi connectivity index (χ0) is 14.4. The van der Waals surface area contributed by atoms with Crippen LogP contribution in [0.2, 0.25) is 0 Å². The first kappa shape index (κ1) is 16.5. The van der Waals surface area contributed by atoms with E-state index in [2.05, 4.69) is 11.8 Å². The van der Waals surface area contributed by atoms with Crippen molar-refractivity contribution in [3.63, 3.8) is 0 Å². The van der Waals surface area contributed by atoms with Crippen LogP contribution >= 0.6 is 0 Å². The molecule has 0 N–H and O–H groups in total. The molecule has 0 bridgehead atoms. The average Bonchev–Trinajstić information content (AvgIpc) is 2.27. The predicted molar refractivity (Wildman–Crippen MR) is 63.7 cm³/mol. The fourth-order valence-electron chi connectivity index (χ4n) is 1.02. The van der Waals surface area contributed by atoms with Gasteiger partial charge in [-0.2, -0.15) is 13.2 Å². The number of alkyl halides is 3. The Bertz CT molecular complexity index is 543. The molecule has 1 rings (SSSR count). The first-order valence-corrected chi connectivity index (χ1v) is 6.73. The van der Waals surface area contributed by atoms with E-state index in [4.69, 9.17) is 0 Å². The van der Waals surface area contributed by atoms with Crippen LogP contribution in [0.15, 0.2) is 29.2 Å². The molecule has 0 spiro atoms. The van der Waals surface area contributed by atoms with Gasteiger partial charge in [0, 0.05) is 6.26 Å². The molecule has 6 heteroatoms. The number of rotatable bonds is 1. The van der Waals surface area contributed by atoms with Gasteiger partial charge in [0.15, 0.2) is 9.84 Å². The van der Waals surface area contributed by atoms with Gasteiger partial charge in [-0.3, -0.25) is 0 Å². The summed E-state index contributed by atoms with van der Waals surface area (Å²) >= 11 is 0. The molecule has 0 aliphatic carbocycles. The Labute approximate surface area is 105 Å². The number of halogens is 3. The maximum absolute atomic E-state index is 12.3. The lowest BCUT2D eigenvalue weighted by molar-refractivity contribution is -0.139. The van der Waals surface area contributed by atoms with Crippen LogP contribution in [0.25, 0.3) is 0 Å². The summed E-state index contributed by atoms with van der Waals surface area (Å²) in [5.74, 6) is 5.36. The number of hydrogen-bond acceptors (Lipinski definition) is 2. The van der Waals surface area contributed by atoms with Crippen molar-refractivity contribution < 1.29 is 21.6 Å². The topological polar surface area (TPSA) is 34.1 Å². The van der Waals surface area contributed by atoms with Crippen LogP contribution in [-0.4, -0.2) is 14.7 Å². The van der Waals surface area contributed by atoms with Gasteiger partial charge < -0.3 is 0 Å². The largest absolute Gasteiger partial charge is 0.417 e. The molecule has 0 fully saturated rings. The van der Waals surface area contributed by atoms with Gasteiger partial charge in [-0.15, -0.1) is 11.8 Å². The summed E-state index contributed by atoms with van der Waals surface area (Å²) in [5.41, 5.74) is -1.12. The first-order valence-electron chi connectivity index (χ1n) is 4.84. The normalized spacial score (nSPS) is 10.8. The van der Waals surface area contributed by atoms with E-state index >= 15 is 0 Å². The van der Waals surface area contributed by atoms with Crippen LogP contribution in [0, 0.1) is 11.8 Å². The van der Waals surface area contributed by atoms with Crippen molar-refractivity contribution in [2.24, 2.45) is 0 Å². The molecular weight excluding hydrogens is 265 g/mol. The minimum atomic E-state index is -4.64. The summed E-state index contributed by atoms with van der Waals surface area (Å²) in [6.07, 6.45) is -3.89. The Morgan fingerprint density at radius 1 is 1.06 bits per heavy atom. The van der Waals surface area contributed by atoms with E-state index in [9.17, 15) is 21.6 Å². The Morgan fingerprint density at radius 3 is 1.78 bits per heavy atom. The third kappa shape index (κ3) is 5.23. The molecule has 0 atom stereocenters. The monoisotopic (exact) mass is 278 g/mol. The Balaban J connectivity index is 0.000000631. The zero-order valence-electron chi connectivity index (χ0n) is 10.2. The van der Waals surface area contributed by atoms with Gasteiger partial charge in [-0.1, -0.05) is 12.1 Å². The van der Waals surface area contributed by atoms with Crippen LogP contribution in [0.1, 0.15) is 19.4 Å². The van der Waals surface area contributed by atoms with Gasteiger partial charge in [0.2, 0.25) is 0 Å². The molecule has 0 aliphatic heterocycles. The SMILES string of the molecule is CC#CC.CS(=O)(=O)c1ccccc1C(F)(F)F. The molecule has 100 valence electrons. The lowest BCUT2D eigenvalue weighted by Crippen LogP contribution is -2.11. The van der Waals surface area contributed by atoms with Crippen LogP contribution in [0.5, 0.6) is 0 Å². The number of sulfone groups is 1. The second-order valence-corrected chi connectivity index (χ2v) is 5.25. The van der Waals surface area contributed by atoms with Crippen molar-refractivity contribution in [2.75, 3.05) is 6.26 Å². The van der Waals surface area contributed by atoms with Gasteiger partial charge in [-0.05, 0) is 26.0 Å². The average molecular weight is 278 g/mol. The maximum atomic E-state index is 12.3. The van der Waals surface area contributed by atoms with Gasteiger partial charge in [0.1, 0.15) is 0 Å². The molecule has 0 radical (unpaired) electrons. The molecule has 0 saturated heterocycles. The quantitative estimate of drug-likeness (QED) is 0.740. The highest BCUT2D eigenvalue weighted by Gasteiger charge is 2.35. The van der Waals surface area contributed by atoms with Crippen LogP contribution in [0.4, 0.5) is 13.2 Å². The van der Waals surface area contributed by atoms with Crippen molar-refractivity contribution in [3.8, 4) is 11.8 Å². The summed E-state index contributed by atoms with van der Waals surface area (Å²) < 4.78 is 58.9. The van der Waals surface area contributed by atoms with Crippen molar-refractivity contribution in [1.82, 2.24) is 0 Å². The van der Waals surface area contributed by atoms with Crippen LogP contribution < -0.4 is 0 Å². The standard InChI is InChI=1S/C8H7F3O2S.C4H6/c1-14(12,13)7-5-3-2-4-6(7)8(9,10)11;1-3-4-2/h2-5H,1H3;1-2H3. The Hall–Kier alpha value is -1.48. The summed E-state index contributed by atoms with van der Waals surface area (Å²) in [4.78, 5) is -0.687. The summed E-state index contributed by atoms with van der Waals surface area (Å²) in [6, 6.07) is 4.09. The molecule has 1 aromatic rings. The van der Waals surface area contributed by atoms with E-state index in [1.165, 1.54) is 6.07 Å². The van der Waals surface area contributed by atoms with Gasteiger partial charge in [-0.25, -0.2) is 8.42 Å². The molecule has 1 aromatic carbocycles.